The molecule has 2 heterocycles. The van der Waals surface area contributed by atoms with Crippen molar-refractivity contribution in [3.8, 4) is 0 Å². The number of amides is 1. The summed E-state index contributed by atoms with van der Waals surface area (Å²) in [7, 11) is 0. The zero-order valence-corrected chi connectivity index (χ0v) is 16.6. The second-order valence-corrected chi connectivity index (χ2v) is 8.42. The maximum absolute atomic E-state index is 14.5. The number of carbonyl (C=O) groups excluding carboxylic acids is 1. The fourth-order valence-electron chi connectivity index (χ4n) is 3.63. The lowest BCUT2D eigenvalue weighted by molar-refractivity contribution is 0.0475. The summed E-state index contributed by atoms with van der Waals surface area (Å²) in [5.41, 5.74) is 0.222. The van der Waals surface area contributed by atoms with E-state index in [1.807, 2.05) is 20.8 Å². The van der Waals surface area contributed by atoms with Crippen LogP contribution >= 0.6 is 0 Å². The van der Waals surface area contributed by atoms with Crippen molar-refractivity contribution in [2.75, 3.05) is 19.8 Å². The minimum absolute atomic E-state index is 0.0590. The van der Waals surface area contributed by atoms with Crippen molar-refractivity contribution in [2.45, 2.75) is 44.4 Å². The van der Waals surface area contributed by atoms with Gasteiger partial charge in [-0.05, 0) is 36.6 Å². The molecule has 1 saturated heterocycles. The van der Waals surface area contributed by atoms with E-state index in [9.17, 15) is 14.0 Å². The Hall–Kier alpha value is -2.47. The van der Waals surface area contributed by atoms with Gasteiger partial charge in [0.1, 0.15) is 11.4 Å². The smallest absolute Gasteiger partial charge is 0.261 e. The minimum Gasteiger partial charge on any atom is -0.381 e. The van der Waals surface area contributed by atoms with Crippen LogP contribution in [0.15, 0.2) is 41.2 Å². The summed E-state index contributed by atoms with van der Waals surface area (Å²) in [5, 5.41) is 2.85. The molecule has 0 bridgehead atoms. The predicted molar refractivity (Wildman–Crippen MR) is 106 cm³/mol. The molecule has 1 aromatic carbocycles. The monoisotopic (exact) mass is 386 g/mol. The number of hydrogen-bond donors (Lipinski definition) is 2. The van der Waals surface area contributed by atoms with Gasteiger partial charge in [0.2, 0.25) is 0 Å². The number of pyridine rings is 1. The number of aromatic amines is 1. The number of hydrogen-bond acceptors (Lipinski definition) is 3. The van der Waals surface area contributed by atoms with Gasteiger partial charge in [0.05, 0.1) is 0 Å². The number of halogens is 1. The maximum atomic E-state index is 14.5. The molecule has 2 aromatic rings. The number of carbonyl (C=O) groups is 1. The molecule has 0 unspecified atom stereocenters. The zero-order chi connectivity index (χ0) is 20.4. The highest BCUT2D eigenvalue weighted by Gasteiger charge is 2.37. The van der Waals surface area contributed by atoms with Crippen LogP contribution in [0.1, 0.15) is 55.2 Å². The summed E-state index contributed by atoms with van der Waals surface area (Å²) in [6.45, 7) is 7.22. The Bertz CT molecular complexity index is 908. The lowest BCUT2D eigenvalue weighted by atomic mass is 9.73. The largest absolute Gasteiger partial charge is 0.381 e. The zero-order valence-electron chi connectivity index (χ0n) is 16.6. The molecule has 5 nitrogen and oxygen atoms in total. The van der Waals surface area contributed by atoms with E-state index in [4.69, 9.17) is 4.74 Å². The van der Waals surface area contributed by atoms with Gasteiger partial charge < -0.3 is 15.0 Å². The molecule has 1 aliphatic heterocycles. The lowest BCUT2D eigenvalue weighted by Gasteiger charge is -2.38. The van der Waals surface area contributed by atoms with E-state index in [0.29, 0.717) is 31.6 Å². The summed E-state index contributed by atoms with van der Waals surface area (Å²) >= 11 is 0. The normalized spacial score (nSPS) is 16.6. The van der Waals surface area contributed by atoms with Crippen molar-refractivity contribution in [3.05, 3.63) is 69.4 Å². The first kappa shape index (κ1) is 20.3. The molecule has 1 amide bonds. The van der Waals surface area contributed by atoms with Gasteiger partial charge in [0, 0.05) is 36.3 Å². The van der Waals surface area contributed by atoms with Crippen LogP contribution in [0.5, 0.6) is 0 Å². The van der Waals surface area contributed by atoms with Crippen LogP contribution in [0.4, 0.5) is 4.39 Å². The third-order valence-corrected chi connectivity index (χ3v) is 5.44. The Morgan fingerprint density at radius 3 is 2.46 bits per heavy atom. The quantitative estimate of drug-likeness (QED) is 0.847. The van der Waals surface area contributed by atoms with E-state index < -0.39 is 16.9 Å². The first-order chi connectivity index (χ1) is 13.2. The van der Waals surface area contributed by atoms with Gasteiger partial charge in [-0.2, -0.15) is 0 Å². The average Bonchev–Trinajstić information content (AvgIpc) is 2.66. The van der Waals surface area contributed by atoms with E-state index in [1.165, 1.54) is 6.07 Å². The lowest BCUT2D eigenvalue weighted by Crippen LogP contribution is -2.46. The highest BCUT2D eigenvalue weighted by molar-refractivity contribution is 5.93. The summed E-state index contributed by atoms with van der Waals surface area (Å²) < 4.78 is 19.9. The van der Waals surface area contributed by atoms with E-state index in [1.54, 1.807) is 30.3 Å². The van der Waals surface area contributed by atoms with Gasteiger partial charge in [-0.3, -0.25) is 9.59 Å². The van der Waals surface area contributed by atoms with Crippen LogP contribution < -0.4 is 10.9 Å². The summed E-state index contributed by atoms with van der Waals surface area (Å²) in [4.78, 5) is 27.8. The van der Waals surface area contributed by atoms with E-state index in [-0.39, 0.29) is 23.3 Å². The van der Waals surface area contributed by atoms with Crippen molar-refractivity contribution in [1.29, 1.82) is 0 Å². The van der Waals surface area contributed by atoms with Crippen LogP contribution in [0.3, 0.4) is 0 Å². The van der Waals surface area contributed by atoms with E-state index >= 15 is 0 Å². The van der Waals surface area contributed by atoms with Crippen molar-refractivity contribution >= 4 is 5.91 Å². The number of ether oxygens (including phenoxy) is 1. The van der Waals surface area contributed by atoms with Crippen LogP contribution in [0.2, 0.25) is 0 Å². The Balaban J connectivity index is 1.82. The summed E-state index contributed by atoms with van der Waals surface area (Å²) in [6.07, 6.45) is 1.21. The number of H-pyrrole nitrogens is 1. The van der Waals surface area contributed by atoms with Crippen molar-refractivity contribution < 1.29 is 13.9 Å². The molecule has 0 radical (unpaired) electrons. The van der Waals surface area contributed by atoms with Crippen molar-refractivity contribution in [1.82, 2.24) is 10.3 Å². The maximum Gasteiger partial charge on any atom is 0.261 e. The van der Waals surface area contributed by atoms with Gasteiger partial charge in [0.25, 0.3) is 11.5 Å². The molecular weight excluding hydrogens is 359 g/mol. The second kappa shape index (κ2) is 7.87. The summed E-state index contributed by atoms with van der Waals surface area (Å²) in [5.74, 6) is -0.741. The van der Waals surface area contributed by atoms with Gasteiger partial charge in [-0.1, -0.05) is 39.0 Å². The first-order valence-corrected chi connectivity index (χ1v) is 9.58. The van der Waals surface area contributed by atoms with Crippen molar-refractivity contribution in [3.63, 3.8) is 0 Å². The molecule has 0 spiro atoms. The molecule has 3 rings (SSSR count). The Morgan fingerprint density at radius 1 is 1.18 bits per heavy atom. The molecule has 1 aliphatic rings. The molecule has 28 heavy (non-hydrogen) atoms. The highest BCUT2D eigenvalue weighted by atomic mass is 19.1. The Morgan fingerprint density at radius 2 is 1.86 bits per heavy atom. The van der Waals surface area contributed by atoms with Crippen LogP contribution in [0, 0.1) is 5.82 Å². The Kier molecular flexibility index (Phi) is 5.70. The molecule has 0 atom stereocenters. The average molecular weight is 386 g/mol. The number of aromatic nitrogens is 1. The van der Waals surface area contributed by atoms with Crippen LogP contribution in [-0.2, 0) is 15.6 Å². The van der Waals surface area contributed by atoms with Crippen molar-refractivity contribution in [2.24, 2.45) is 0 Å². The molecule has 0 aliphatic carbocycles. The van der Waals surface area contributed by atoms with E-state index in [2.05, 4.69) is 10.3 Å². The molecular formula is C22H27FN2O3. The molecule has 1 aromatic heterocycles. The standard InChI is InChI=1S/C22H27FN2O3/c1-21(2,3)18-9-8-15(20(27)25-18)19(26)24-14-22(10-12-28-13-11-22)16-6-4-5-7-17(16)23/h4-9H,10-14H2,1-3H3,(H,24,26)(H,25,27). The molecule has 0 saturated carbocycles. The predicted octanol–water partition coefficient (Wildman–Crippen LogP) is 3.29. The van der Waals surface area contributed by atoms with Gasteiger partial charge in [-0.25, -0.2) is 4.39 Å². The van der Waals surface area contributed by atoms with Crippen LogP contribution in [0.25, 0.3) is 0 Å². The van der Waals surface area contributed by atoms with Crippen LogP contribution in [-0.4, -0.2) is 30.6 Å². The number of benzene rings is 1. The molecule has 1 fully saturated rings. The number of rotatable bonds is 4. The van der Waals surface area contributed by atoms with Gasteiger partial charge >= 0.3 is 0 Å². The molecule has 2 N–H and O–H groups in total. The minimum atomic E-state index is -0.544. The van der Waals surface area contributed by atoms with E-state index in [0.717, 1.165) is 5.69 Å². The SMILES string of the molecule is CC(C)(C)c1ccc(C(=O)NCC2(c3ccccc3F)CCOCC2)c(=O)[nH]1. The third kappa shape index (κ3) is 4.17. The molecule has 6 heteroatoms. The highest BCUT2D eigenvalue weighted by Crippen LogP contribution is 2.35. The topological polar surface area (TPSA) is 71.2 Å². The third-order valence-electron chi connectivity index (χ3n) is 5.44. The second-order valence-electron chi connectivity index (χ2n) is 8.42. The fourth-order valence-corrected chi connectivity index (χ4v) is 3.63. The number of nitrogens with one attached hydrogen (secondary N) is 2. The first-order valence-electron chi connectivity index (χ1n) is 9.58. The summed E-state index contributed by atoms with van der Waals surface area (Å²) in [6, 6.07) is 9.96. The van der Waals surface area contributed by atoms with Gasteiger partial charge in [-0.15, -0.1) is 0 Å². The van der Waals surface area contributed by atoms with Gasteiger partial charge in [0.15, 0.2) is 0 Å². The Labute approximate surface area is 164 Å². The fraction of sp³-hybridized carbons (Fsp3) is 0.455. The molecule has 150 valence electrons.